The van der Waals surface area contributed by atoms with E-state index in [0.29, 0.717) is 49.7 Å². The van der Waals surface area contributed by atoms with E-state index >= 15 is 9.59 Å². The topological polar surface area (TPSA) is 259 Å². The number of rotatable bonds is 10. The van der Waals surface area contributed by atoms with Crippen molar-refractivity contribution in [2.45, 2.75) is 190 Å². The minimum absolute atomic E-state index is 0.00635. The van der Waals surface area contributed by atoms with Crippen LogP contribution in [-0.4, -0.2) is 216 Å². The Kier molecular flexibility index (Phi) is 27.6. The minimum atomic E-state index is -4.76. The van der Waals surface area contributed by atoms with Gasteiger partial charge in [-0.3, -0.25) is 52.7 Å². The Bertz CT molecular complexity index is 3140. The zero-order chi connectivity index (χ0) is 69.5. The molecule has 11 amide bonds. The molecular weight excluding hydrogens is 1350 g/mol. The average Bonchev–Trinajstić information content (AvgIpc) is 1.50. The number of likely N-dealkylation sites (N-methyl/N-ethyl adjacent to an activating group) is 6. The van der Waals surface area contributed by atoms with Gasteiger partial charge in [-0.15, -0.1) is 12.3 Å². The Morgan fingerprint density at radius 2 is 1.30 bits per heavy atom. The lowest BCUT2D eigenvalue weighted by Gasteiger charge is -2.41. The molecule has 0 unspecified atom stereocenters. The molecule has 2 saturated heterocycles. The molecule has 94 heavy (non-hydrogen) atoms. The second-order valence-corrected chi connectivity index (χ2v) is 27.6. The molecule has 2 heterocycles. The van der Waals surface area contributed by atoms with Gasteiger partial charge in [-0.25, -0.2) is 0 Å². The summed E-state index contributed by atoms with van der Waals surface area (Å²) >= 11 is 8.24. The molecule has 22 nitrogen and oxygen atoms in total. The molecule has 2 saturated carbocycles. The summed E-state index contributed by atoms with van der Waals surface area (Å²) in [6, 6.07) is 2.18. The number of hydrogen-bond donors (Lipinski definition) is 4. The second kappa shape index (κ2) is 34.1. The number of terminal acetylenes is 1. The number of aryl methyl sites for hydroxylation is 1. The van der Waals surface area contributed by atoms with Gasteiger partial charge in [-0.1, -0.05) is 82.2 Å². The van der Waals surface area contributed by atoms with Crippen molar-refractivity contribution in [3.63, 3.8) is 0 Å². The van der Waals surface area contributed by atoms with E-state index in [-0.39, 0.29) is 70.3 Å². The molecule has 516 valence electrons. The van der Waals surface area contributed by atoms with E-state index in [4.69, 9.17) is 18.0 Å². The molecular formula is C67H92ClF3IN11O11. The number of carbonyl (C=O) groups excluding carboxylic acids is 11. The number of alkyl halides is 3. The smallest absolute Gasteiger partial charge is 0.351 e. The summed E-state index contributed by atoms with van der Waals surface area (Å²) in [5.41, 5.74) is -1.65. The molecule has 8 atom stereocenters. The Morgan fingerprint density at radius 1 is 0.681 bits per heavy atom. The van der Waals surface area contributed by atoms with Crippen LogP contribution >= 0.6 is 34.2 Å². The van der Waals surface area contributed by atoms with Gasteiger partial charge in [0.1, 0.15) is 41.8 Å². The normalized spacial score (nSPS) is 25.4. The maximum Gasteiger partial charge on any atom is 0.417 e. The van der Waals surface area contributed by atoms with Crippen LogP contribution in [0.5, 0.6) is 0 Å². The standard InChI is InChI=1S/C67H92ClF3IN11O11/c1-11-13-22-50-59(88)75-57(41(3)12-2)64(93)79(7)39-55(86)77(5)40-56(87)81(9)52(37-44-24-28-46(72)29-25-44)63(92)78(6)38-53(84)74-49(31-27-43-26-30-47(48(68)36-43)67(69,70)71)62(91)83-34-19-23-51(83)60(89)76-66(32-17-18-33-66)65(94)82(10)58(45-20-15-14-16-21-45)61(90)73-42(4)35-54(85)80(50)8/h1,24-26,28-30,36,41-42,45,49-52,57-58H,12-23,27,31-35,37-40H2,2-10H3,(H,73,90)(H,74,84)(H,75,88)(H,76,89)/t41-,42+,49-,50-,51-,52-,57-,58-/m0/s1. The lowest BCUT2D eigenvalue weighted by atomic mass is 9.82. The van der Waals surface area contributed by atoms with Gasteiger partial charge in [0.2, 0.25) is 65.0 Å². The van der Waals surface area contributed by atoms with E-state index in [9.17, 15) is 56.3 Å². The molecule has 2 aliphatic heterocycles. The highest BCUT2D eigenvalue weighted by molar-refractivity contribution is 14.1. The number of halogens is 5. The van der Waals surface area contributed by atoms with Crippen LogP contribution in [0.3, 0.4) is 0 Å². The fourth-order valence-electron chi connectivity index (χ4n) is 13.2. The predicted molar refractivity (Wildman–Crippen MR) is 354 cm³/mol. The Morgan fingerprint density at radius 3 is 1.91 bits per heavy atom. The summed E-state index contributed by atoms with van der Waals surface area (Å²) < 4.78 is 42.3. The van der Waals surface area contributed by atoms with Crippen molar-refractivity contribution in [1.82, 2.24) is 55.6 Å². The van der Waals surface area contributed by atoms with Crippen LogP contribution in [0.2, 0.25) is 5.02 Å². The van der Waals surface area contributed by atoms with Gasteiger partial charge in [0.05, 0.1) is 30.2 Å². The first-order valence-corrected chi connectivity index (χ1v) is 33.9. The molecule has 0 bridgehead atoms. The van der Waals surface area contributed by atoms with Crippen LogP contribution in [0.15, 0.2) is 42.5 Å². The molecule has 1 spiro atoms. The first-order valence-electron chi connectivity index (χ1n) is 32.4. The van der Waals surface area contributed by atoms with Gasteiger partial charge in [0, 0.05) is 77.7 Å². The van der Waals surface area contributed by atoms with Crippen LogP contribution in [0, 0.1) is 27.7 Å². The molecule has 27 heteroatoms. The maximum atomic E-state index is 15.3. The van der Waals surface area contributed by atoms with Gasteiger partial charge in [0.25, 0.3) is 0 Å². The maximum absolute atomic E-state index is 15.3. The zero-order valence-corrected chi connectivity index (χ0v) is 58.3. The summed E-state index contributed by atoms with van der Waals surface area (Å²) in [7, 11) is 8.37. The van der Waals surface area contributed by atoms with E-state index < -0.39 is 155 Å². The van der Waals surface area contributed by atoms with Crippen LogP contribution in [0.25, 0.3) is 0 Å². The number of hydrogen-bond acceptors (Lipinski definition) is 11. The lowest BCUT2D eigenvalue weighted by molar-refractivity contribution is -0.150. The van der Waals surface area contributed by atoms with Crippen molar-refractivity contribution in [2.75, 3.05) is 68.5 Å². The summed E-state index contributed by atoms with van der Waals surface area (Å²) in [4.78, 5) is 169. The zero-order valence-electron chi connectivity index (χ0n) is 55.4. The average molecular weight is 1450 g/mol. The summed E-state index contributed by atoms with van der Waals surface area (Å²) in [5, 5.41) is 11.0. The van der Waals surface area contributed by atoms with Gasteiger partial charge in [-0.05, 0) is 135 Å². The molecule has 0 radical (unpaired) electrons. The largest absolute Gasteiger partial charge is 0.417 e. The van der Waals surface area contributed by atoms with Crippen molar-refractivity contribution in [2.24, 2.45) is 11.8 Å². The number of fused-ring (bicyclic) bond motifs is 1. The van der Waals surface area contributed by atoms with E-state index in [0.717, 1.165) is 54.6 Å². The summed E-state index contributed by atoms with van der Waals surface area (Å²) in [5.74, 6) is -5.47. The van der Waals surface area contributed by atoms with Gasteiger partial charge in [0.15, 0.2) is 0 Å². The molecule has 4 aliphatic rings. The van der Waals surface area contributed by atoms with Crippen molar-refractivity contribution >= 4 is 99.2 Å². The molecule has 6 rings (SSSR count). The molecule has 2 aromatic rings. The molecule has 4 fully saturated rings. The van der Waals surface area contributed by atoms with E-state index in [2.05, 4.69) is 49.8 Å². The highest BCUT2D eigenvalue weighted by Gasteiger charge is 2.50. The Hall–Kier alpha value is -7.02. The number of nitrogens with one attached hydrogen (secondary N) is 4. The Balaban J connectivity index is 1.39. The van der Waals surface area contributed by atoms with Crippen molar-refractivity contribution < 1.29 is 65.9 Å². The molecule has 2 aromatic carbocycles. The first kappa shape index (κ1) is 76.0. The van der Waals surface area contributed by atoms with Crippen molar-refractivity contribution in [3.8, 4) is 12.3 Å². The molecule has 2 aliphatic carbocycles. The van der Waals surface area contributed by atoms with Crippen LogP contribution in [0.1, 0.15) is 140 Å². The molecule has 0 aromatic heterocycles. The van der Waals surface area contributed by atoms with Gasteiger partial charge in [-0.2, -0.15) is 13.2 Å². The third kappa shape index (κ3) is 19.6. The highest BCUT2D eigenvalue weighted by Crippen LogP contribution is 2.37. The predicted octanol–water partition coefficient (Wildman–Crippen LogP) is 5.33. The fraction of sp³-hybridized carbons (Fsp3) is 0.627. The third-order valence-electron chi connectivity index (χ3n) is 19.0. The van der Waals surface area contributed by atoms with Crippen molar-refractivity contribution in [1.29, 1.82) is 0 Å². The minimum Gasteiger partial charge on any atom is -0.351 e. The third-order valence-corrected chi connectivity index (χ3v) is 20.1. The van der Waals surface area contributed by atoms with Crippen molar-refractivity contribution in [3.05, 3.63) is 67.7 Å². The summed E-state index contributed by atoms with van der Waals surface area (Å²) in [6.45, 7) is 3.46. The highest BCUT2D eigenvalue weighted by atomic mass is 127. The first-order chi connectivity index (χ1) is 44.3. The van der Waals surface area contributed by atoms with E-state index in [1.807, 2.05) is 6.92 Å². The second-order valence-electron chi connectivity index (χ2n) is 25.9. The monoisotopic (exact) mass is 1450 g/mol. The van der Waals surface area contributed by atoms with Crippen LogP contribution < -0.4 is 21.3 Å². The number of amides is 11. The van der Waals surface area contributed by atoms with Crippen LogP contribution in [0.4, 0.5) is 13.2 Å². The number of carbonyl (C=O) groups is 11. The number of benzene rings is 2. The lowest BCUT2D eigenvalue weighted by Crippen LogP contribution is -2.64. The van der Waals surface area contributed by atoms with Crippen LogP contribution in [-0.2, 0) is 71.8 Å². The Labute approximate surface area is 568 Å². The summed E-state index contributed by atoms with van der Waals surface area (Å²) in [6.07, 6.45) is 6.53. The van der Waals surface area contributed by atoms with Gasteiger partial charge >= 0.3 is 6.18 Å². The SMILES string of the molecule is C#CCC[C@H]1C(=O)N[C@@H]([C@@H](C)CC)C(=O)N(C)CC(=O)N(C)CC(=O)N(C)[C@@H](Cc2ccc(I)cc2)C(=O)N(C)CC(=O)N[C@@H](CCc2ccc(C(F)(F)F)c(Cl)c2)C(=O)N2CCC[C@H]2C(=O)NC2(CCCC2)C(=O)N(C)[C@@H](C2CCCCC2)C(=O)N[C@H](C)CC(=O)N1C. The van der Waals surface area contributed by atoms with E-state index in [1.54, 1.807) is 38.1 Å². The quantitative estimate of drug-likeness (QED) is 0.175. The number of nitrogens with zero attached hydrogens (tertiary/aromatic N) is 7. The molecule has 4 N–H and O–H groups in total. The van der Waals surface area contributed by atoms with E-state index in [1.165, 1.54) is 63.1 Å². The van der Waals surface area contributed by atoms with Gasteiger partial charge < -0.3 is 55.6 Å². The fourth-order valence-corrected chi connectivity index (χ4v) is 13.8.